The monoisotopic (exact) mass is 979 g/mol. The summed E-state index contributed by atoms with van der Waals surface area (Å²) in [4.78, 5) is 25.8. The number of esters is 2. The van der Waals surface area contributed by atoms with Crippen LogP contribution in [-0.2, 0) is 38.0 Å². The standard InChI is InChI=1S/C54H90O15/c1-3-5-7-9-11-13-15-17-19-20-21-22-23-25-26-28-30-32-34-36-45(56)64-39-42(67-46(57)37-35-33-31-29-27-24-18-16-14-12-10-8-6-4-2)40-65-53-52(63)50(61)48(59)44(69-53)41-66-54-51(62)49(60)47(58)43(38-55)68-54/h5,7,11,13,16-19,21-22,25-26,42-44,47-55,58-63H,3-4,6,8-10,12,14-15,20,23-24,27-41H2,1-2H3/b7-5+,13-11+,18-16+,19-17+,22-21+,26-25+/t42-,43+,44+,47-,48-,49?,50?,51?,52?,53+,54+/m0/s1. The largest absolute Gasteiger partial charge is 0.462 e. The van der Waals surface area contributed by atoms with Crippen LogP contribution in [0.4, 0.5) is 0 Å². The third kappa shape index (κ3) is 28.5. The molecule has 0 radical (unpaired) electrons. The third-order valence-electron chi connectivity index (χ3n) is 11.9. The summed E-state index contributed by atoms with van der Waals surface area (Å²) < 4.78 is 33.5. The fraction of sp³-hybridized carbons (Fsp3) is 0.741. The molecule has 2 aliphatic rings. The van der Waals surface area contributed by atoms with Gasteiger partial charge in [0.2, 0.25) is 0 Å². The summed E-state index contributed by atoms with van der Waals surface area (Å²) >= 11 is 0. The summed E-state index contributed by atoms with van der Waals surface area (Å²) in [5.74, 6) is -0.978. The van der Waals surface area contributed by atoms with Gasteiger partial charge in [-0.15, -0.1) is 0 Å². The van der Waals surface area contributed by atoms with E-state index in [4.69, 9.17) is 28.4 Å². The second-order valence-electron chi connectivity index (χ2n) is 18.0. The van der Waals surface area contributed by atoms with Crippen LogP contribution in [0.2, 0.25) is 0 Å². The Balaban J connectivity index is 1.82. The highest BCUT2D eigenvalue weighted by Gasteiger charge is 2.47. The molecule has 0 aliphatic carbocycles. The van der Waals surface area contributed by atoms with Crippen molar-refractivity contribution in [2.45, 2.75) is 229 Å². The summed E-state index contributed by atoms with van der Waals surface area (Å²) in [6.07, 6.45) is 30.7. The van der Waals surface area contributed by atoms with E-state index >= 15 is 0 Å². The van der Waals surface area contributed by atoms with E-state index in [1.807, 2.05) is 0 Å². The Morgan fingerprint density at radius 1 is 0.478 bits per heavy atom. The van der Waals surface area contributed by atoms with Crippen molar-refractivity contribution in [2.75, 3.05) is 26.4 Å². The van der Waals surface area contributed by atoms with E-state index in [0.717, 1.165) is 89.9 Å². The van der Waals surface area contributed by atoms with Gasteiger partial charge in [-0.05, 0) is 83.5 Å². The van der Waals surface area contributed by atoms with E-state index < -0.39 is 99.3 Å². The van der Waals surface area contributed by atoms with Crippen molar-refractivity contribution in [1.29, 1.82) is 0 Å². The van der Waals surface area contributed by atoms with Crippen LogP contribution in [-0.4, -0.2) is 142 Å². The first-order valence-corrected chi connectivity index (χ1v) is 26.0. The van der Waals surface area contributed by atoms with Gasteiger partial charge in [-0.2, -0.15) is 0 Å². The van der Waals surface area contributed by atoms with Gasteiger partial charge in [0.05, 0.1) is 19.8 Å². The zero-order chi connectivity index (χ0) is 50.3. The number of allylic oxidation sites excluding steroid dienone is 12. The van der Waals surface area contributed by atoms with Crippen LogP contribution in [0.1, 0.15) is 162 Å². The van der Waals surface area contributed by atoms with Crippen molar-refractivity contribution in [3.05, 3.63) is 72.9 Å². The molecule has 2 fully saturated rings. The molecule has 4 unspecified atom stereocenters. The highest BCUT2D eigenvalue weighted by atomic mass is 16.7. The fourth-order valence-corrected chi connectivity index (χ4v) is 7.65. The number of ether oxygens (including phenoxy) is 6. The first-order chi connectivity index (χ1) is 33.5. The highest BCUT2D eigenvalue weighted by molar-refractivity contribution is 5.70. The summed E-state index contributed by atoms with van der Waals surface area (Å²) in [6, 6.07) is 0. The molecule has 0 aromatic rings. The number of aliphatic hydroxyl groups excluding tert-OH is 7. The summed E-state index contributed by atoms with van der Waals surface area (Å²) in [7, 11) is 0. The van der Waals surface area contributed by atoms with Gasteiger partial charge in [-0.3, -0.25) is 9.59 Å². The molecule has 0 saturated carbocycles. The molecule has 2 rings (SSSR count). The average Bonchev–Trinajstić information content (AvgIpc) is 3.34. The number of carbonyl (C=O) groups excluding carboxylic acids is 2. The summed E-state index contributed by atoms with van der Waals surface area (Å²) in [5, 5.41) is 72.1. The Kier molecular flexibility index (Phi) is 36.4. The smallest absolute Gasteiger partial charge is 0.306 e. The van der Waals surface area contributed by atoms with Crippen molar-refractivity contribution in [3.8, 4) is 0 Å². The molecule has 0 aromatic carbocycles. The minimum atomic E-state index is -1.77. The number of hydrogen-bond acceptors (Lipinski definition) is 15. The van der Waals surface area contributed by atoms with E-state index in [1.54, 1.807) is 0 Å². The maximum absolute atomic E-state index is 13.0. The molecule has 0 spiro atoms. The molecule has 11 atom stereocenters. The van der Waals surface area contributed by atoms with Gasteiger partial charge in [0.25, 0.3) is 0 Å². The molecule has 69 heavy (non-hydrogen) atoms. The Labute approximate surface area is 412 Å². The van der Waals surface area contributed by atoms with Crippen LogP contribution in [0.15, 0.2) is 72.9 Å². The van der Waals surface area contributed by atoms with Crippen LogP contribution in [0, 0.1) is 0 Å². The van der Waals surface area contributed by atoms with Crippen molar-refractivity contribution >= 4 is 11.9 Å². The number of hydrogen-bond donors (Lipinski definition) is 7. The molecule has 7 N–H and O–H groups in total. The van der Waals surface area contributed by atoms with E-state index in [9.17, 15) is 45.3 Å². The van der Waals surface area contributed by atoms with Gasteiger partial charge in [0, 0.05) is 12.8 Å². The van der Waals surface area contributed by atoms with E-state index in [2.05, 4.69) is 86.8 Å². The molecular weight excluding hydrogens is 889 g/mol. The van der Waals surface area contributed by atoms with Gasteiger partial charge in [0.15, 0.2) is 18.7 Å². The van der Waals surface area contributed by atoms with Crippen LogP contribution in [0.5, 0.6) is 0 Å². The number of unbranched alkanes of at least 4 members (excludes halogenated alkanes) is 13. The molecular formula is C54H90O15. The molecule has 15 heteroatoms. The lowest BCUT2D eigenvalue weighted by Gasteiger charge is -2.42. The number of aliphatic hydroxyl groups is 7. The molecule has 2 aliphatic heterocycles. The van der Waals surface area contributed by atoms with Crippen LogP contribution >= 0.6 is 0 Å². The maximum atomic E-state index is 13.0. The first kappa shape index (κ1) is 62.1. The Hall–Kier alpha value is -3.06. The summed E-state index contributed by atoms with van der Waals surface area (Å²) in [6.45, 7) is 2.41. The lowest BCUT2D eigenvalue weighted by molar-refractivity contribution is -0.332. The van der Waals surface area contributed by atoms with Crippen LogP contribution in [0.25, 0.3) is 0 Å². The zero-order valence-corrected chi connectivity index (χ0v) is 41.8. The molecule has 0 aromatic heterocycles. The van der Waals surface area contributed by atoms with E-state index in [0.29, 0.717) is 12.8 Å². The van der Waals surface area contributed by atoms with Gasteiger partial charge in [-0.1, -0.05) is 138 Å². The fourth-order valence-electron chi connectivity index (χ4n) is 7.65. The highest BCUT2D eigenvalue weighted by Crippen LogP contribution is 2.26. The van der Waals surface area contributed by atoms with E-state index in [1.165, 1.54) is 32.1 Å². The second-order valence-corrected chi connectivity index (χ2v) is 18.0. The Morgan fingerprint density at radius 2 is 0.913 bits per heavy atom. The third-order valence-corrected chi connectivity index (χ3v) is 11.9. The average molecular weight is 979 g/mol. The summed E-state index contributed by atoms with van der Waals surface area (Å²) in [5.41, 5.74) is 0. The lowest BCUT2D eigenvalue weighted by Crippen LogP contribution is -2.61. The predicted octanol–water partition coefficient (Wildman–Crippen LogP) is 7.43. The van der Waals surface area contributed by atoms with Crippen LogP contribution in [0.3, 0.4) is 0 Å². The van der Waals surface area contributed by atoms with Crippen molar-refractivity contribution in [2.24, 2.45) is 0 Å². The maximum Gasteiger partial charge on any atom is 0.306 e. The SMILES string of the molecule is CC/C=C/C/C=C/C/C=C/C/C=C/C/C=C/CCCCCC(=O)OC[C@@H](CO[C@@H]1O[C@H](CO[C@@H]2O[C@H](CO)[C@H](O)C(O)C2O)[C@H](O)C(O)C1O)OC(=O)CCCCCCC/C=C/CCCCCCC. The molecule has 0 amide bonds. The molecule has 0 bridgehead atoms. The second kappa shape index (κ2) is 40.5. The van der Waals surface area contributed by atoms with Gasteiger partial charge in [-0.25, -0.2) is 0 Å². The van der Waals surface area contributed by atoms with Gasteiger partial charge in [0.1, 0.15) is 55.4 Å². The zero-order valence-electron chi connectivity index (χ0n) is 41.8. The molecule has 2 heterocycles. The minimum absolute atomic E-state index is 0.144. The normalized spacial score (nSPS) is 26.2. The van der Waals surface area contributed by atoms with Crippen molar-refractivity contribution < 1.29 is 73.8 Å². The van der Waals surface area contributed by atoms with E-state index in [-0.39, 0.29) is 19.4 Å². The lowest BCUT2D eigenvalue weighted by atomic mass is 9.98. The Bertz CT molecular complexity index is 1480. The Morgan fingerprint density at radius 3 is 1.46 bits per heavy atom. The molecule has 396 valence electrons. The van der Waals surface area contributed by atoms with Crippen LogP contribution < -0.4 is 0 Å². The van der Waals surface area contributed by atoms with Gasteiger partial charge < -0.3 is 64.2 Å². The number of carbonyl (C=O) groups is 2. The van der Waals surface area contributed by atoms with Crippen molar-refractivity contribution in [1.82, 2.24) is 0 Å². The quantitative estimate of drug-likeness (QED) is 0.0180. The minimum Gasteiger partial charge on any atom is -0.462 e. The predicted molar refractivity (Wildman–Crippen MR) is 266 cm³/mol. The number of rotatable bonds is 39. The topological polar surface area (TPSA) is 231 Å². The first-order valence-electron chi connectivity index (χ1n) is 26.0. The van der Waals surface area contributed by atoms with Gasteiger partial charge >= 0.3 is 11.9 Å². The molecule has 15 nitrogen and oxygen atoms in total. The van der Waals surface area contributed by atoms with Crippen molar-refractivity contribution in [3.63, 3.8) is 0 Å². The molecule has 2 saturated heterocycles.